The SMILES string of the molecule is Cn1ccc2cccc(CC3CO3)c21. The fraction of sp³-hybridized carbons (Fsp3) is 0.333. The van der Waals surface area contributed by atoms with Crippen molar-refractivity contribution in [1.29, 1.82) is 0 Å². The lowest BCUT2D eigenvalue weighted by atomic mass is 10.1. The van der Waals surface area contributed by atoms with Gasteiger partial charge in [0, 0.05) is 19.7 Å². The van der Waals surface area contributed by atoms with Crippen LogP contribution in [0.4, 0.5) is 0 Å². The maximum Gasteiger partial charge on any atom is 0.0850 e. The third-order valence-corrected chi connectivity index (χ3v) is 2.83. The molecule has 1 saturated heterocycles. The van der Waals surface area contributed by atoms with Crippen molar-refractivity contribution in [2.75, 3.05) is 6.61 Å². The van der Waals surface area contributed by atoms with Crippen LogP contribution >= 0.6 is 0 Å². The molecule has 72 valence electrons. The van der Waals surface area contributed by atoms with Crippen LogP contribution in [0.3, 0.4) is 0 Å². The zero-order valence-corrected chi connectivity index (χ0v) is 8.23. The maximum absolute atomic E-state index is 5.27. The highest BCUT2D eigenvalue weighted by Gasteiger charge is 2.23. The van der Waals surface area contributed by atoms with E-state index in [4.69, 9.17) is 4.74 Å². The molecule has 0 amide bonds. The first-order valence-electron chi connectivity index (χ1n) is 4.99. The van der Waals surface area contributed by atoms with Crippen LogP contribution in [0.5, 0.6) is 0 Å². The maximum atomic E-state index is 5.27. The van der Waals surface area contributed by atoms with Gasteiger partial charge in [-0.05, 0) is 17.0 Å². The molecule has 1 aliphatic heterocycles. The number of hydrogen-bond donors (Lipinski definition) is 0. The first-order valence-corrected chi connectivity index (χ1v) is 4.99. The molecular formula is C12H13NO. The summed E-state index contributed by atoms with van der Waals surface area (Å²) in [6.45, 7) is 0.931. The molecule has 1 aromatic carbocycles. The van der Waals surface area contributed by atoms with E-state index in [1.165, 1.54) is 16.5 Å². The summed E-state index contributed by atoms with van der Waals surface area (Å²) in [5.41, 5.74) is 2.75. The Kier molecular flexibility index (Phi) is 1.64. The van der Waals surface area contributed by atoms with Gasteiger partial charge in [-0.15, -0.1) is 0 Å². The number of fused-ring (bicyclic) bond motifs is 1. The Labute approximate surface area is 83.1 Å². The summed E-state index contributed by atoms with van der Waals surface area (Å²) in [4.78, 5) is 0. The molecule has 2 nitrogen and oxygen atoms in total. The van der Waals surface area contributed by atoms with E-state index in [9.17, 15) is 0 Å². The molecule has 0 saturated carbocycles. The van der Waals surface area contributed by atoms with Gasteiger partial charge in [0.05, 0.1) is 18.2 Å². The lowest BCUT2D eigenvalue weighted by molar-refractivity contribution is 0.408. The first kappa shape index (κ1) is 8.06. The van der Waals surface area contributed by atoms with Gasteiger partial charge in [-0.3, -0.25) is 0 Å². The van der Waals surface area contributed by atoms with Gasteiger partial charge in [0.25, 0.3) is 0 Å². The average molecular weight is 187 g/mol. The second kappa shape index (κ2) is 2.85. The number of hydrogen-bond acceptors (Lipinski definition) is 1. The Hall–Kier alpha value is -1.28. The van der Waals surface area contributed by atoms with E-state index < -0.39 is 0 Å². The van der Waals surface area contributed by atoms with Gasteiger partial charge in [-0.1, -0.05) is 18.2 Å². The van der Waals surface area contributed by atoms with Gasteiger partial charge in [-0.25, -0.2) is 0 Å². The molecule has 2 heteroatoms. The molecular weight excluding hydrogens is 174 g/mol. The Morgan fingerprint density at radius 3 is 3.07 bits per heavy atom. The van der Waals surface area contributed by atoms with Crippen molar-refractivity contribution in [2.45, 2.75) is 12.5 Å². The number of aromatic nitrogens is 1. The number of para-hydroxylation sites is 1. The number of rotatable bonds is 2. The first-order chi connectivity index (χ1) is 6.84. The molecule has 1 unspecified atom stereocenters. The largest absolute Gasteiger partial charge is 0.373 e. The van der Waals surface area contributed by atoms with Crippen LogP contribution in [-0.4, -0.2) is 17.3 Å². The molecule has 3 rings (SSSR count). The monoisotopic (exact) mass is 187 g/mol. The van der Waals surface area contributed by atoms with Gasteiger partial charge >= 0.3 is 0 Å². The number of epoxide rings is 1. The standard InChI is InChI=1S/C12H13NO/c1-13-6-5-9-3-2-4-10(12(9)13)7-11-8-14-11/h2-6,11H,7-8H2,1H3. The molecule has 1 atom stereocenters. The molecule has 14 heavy (non-hydrogen) atoms. The normalized spacial score (nSPS) is 20.2. The summed E-state index contributed by atoms with van der Waals surface area (Å²) in [5.74, 6) is 0. The molecule has 1 aromatic heterocycles. The minimum Gasteiger partial charge on any atom is -0.373 e. The zero-order chi connectivity index (χ0) is 9.54. The number of benzene rings is 1. The zero-order valence-electron chi connectivity index (χ0n) is 8.23. The van der Waals surface area contributed by atoms with E-state index in [-0.39, 0.29) is 0 Å². The Morgan fingerprint density at radius 1 is 1.43 bits per heavy atom. The van der Waals surface area contributed by atoms with E-state index in [1.807, 2.05) is 0 Å². The lowest BCUT2D eigenvalue weighted by Crippen LogP contribution is -1.96. The summed E-state index contributed by atoms with van der Waals surface area (Å²) >= 11 is 0. The van der Waals surface area contributed by atoms with Gasteiger partial charge in [-0.2, -0.15) is 0 Å². The van der Waals surface area contributed by atoms with E-state index in [0.29, 0.717) is 6.10 Å². The molecule has 0 N–H and O–H groups in total. The molecule has 2 heterocycles. The quantitative estimate of drug-likeness (QED) is 0.658. The smallest absolute Gasteiger partial charge is 0.0850 e. The van der Waals surface area contributed by atoms with Crippen LogP contribution in [0.1, 0.15) is 5.56 Å². The van der Waals surface area contributed by atoms with Crippen LogP contribution in [0.25, 0.3) is 10.9 Å². The van der Waals surface area contributed by atoms with Crippen molar-refractivity contribution in [2.24, 2.45) is 7.05 Å². The van der Waals surface area contributed by atoms with Crippen molar-refractivity contribution in [3.05, 3.63) is 36.0 Å². The summed E-state index contributed by atoms with van der Waals surface area (Å²) < 4.78 is 7.46. The number of nitrogens with zero attached hydrogens (tertiary/aromatic N) is 1. The summed E-state index contributed by atoms with van der Waals surface area (Å²) in [6, 6.07) is 8.64. The van der Waals surface area contributed by atoms with Gasteiger partial charge in [0.2, 0.25) is 0 Å². The Balaban J connectivity index is 2.14. The van der Waals surface area contributed by atoms with E-state index in [2.05, 4.69) is 42.1 Å². The van der Waals surface area contributed by atoms with Crippen molar-refractivity contribution in [3.63, 3.8) is 0 Å². The third-order valence-electron chi connectivity index (χ3n) is 2.83. The molecule has 0 bridgehead atoms. The van der Waals surface area contributed by atoms with E-state index >= 15 is 0 Å². The van der Waals surface area contributed by atoms with Gasteiger partial charge in [0.15, 0.2) is 0 Å². The summed E-state index contributed by atoms with van der Waals surface area (Å²) in [5, 5.41) is 1.32. The van der Waals surface area contributed by atoms with Gasteiger partial charge < -0.3 is 9.30 Å². The predicted molar refractivity (Wildman–Crippen MR) is 56.4 cm³/mol. The summed E-state index contributed by atoms with van der Waals surface area (Å²) in [6.07, 6.45) is 3.63. The highest BCUT2D eigenvalue weighted by atomic mass is 16.6. The molecule has 1 aliphatic rings. The minimum atomic E-state index is 0.468. The van der Waals surface area contributed by atoms with Crippen molar-refractivity contribution < 1.29 is 4.74 Å². The molecule has 0 spiro atoms. The number of aryl methyl sites for hydroxylation is 1. The lowest BCUT2D eigenvalue weighted by Gasteiger charge is -2.03. The minimum absolute atomic E-state index is 0.468. The van der Waals surface area contributed by atoms with Crippen LogP contribution in [0.2, 0.25) is 0 Å². The summed E-state index contributed by atoms with van der Waals surface area (Å²) in [7, 11) is 2.10. The molecule has 0 radical (unpaired) electrons. The average Bonchev–Trinajstić information content (AvgIpc) is 2.91. The van der Waals surface area contributed by atoms with Crippen molar-refractivity contribution in [3.8, 4) is 0 Å². The fourth-order valence-corrected chi connectivity index (χ4v) is 2.04. The number of ether oxygens (including phenoxy) is 1. The van der Waals surface area contributed by atoms with Crippen LogP contribution in [0, 0.1) is 0 Å². The van der Waals surface area contributed by atoms with Crippen LogP contribution < -0.4 is 0 Å². The second-order valence-corrected chi connectivity index (χ2v) is 3.94. The highest BCUT2D eigenvalue weighted by Crippen LogP contribution is 2.24. The topological polar surface area (TPSA) is 17.5 Å². The van der Waals surface area contributed by atoms with E-state index in [1.54, 1.807) is 0 Å². The van der Waals surface area contributed by atoms with Crippen LogP contribution in [0.15, 0.2) is 30.5 Å². The van der Waals surface area contributed by atoms with Crippen LogP contribution in [-0.2, 0) is 18.2 Å². The Bertz CT molecular complexity index is 468. The molecule has 2 aromatic rings. The van der Waals surface area contributed by atoms with Crippen molar-refractivity contribution >= 4 is 10.9 Å². The van der Waals surface area contributed by atoms with Crippen molar-refractivity contribution in [1.82, 2.24) is 4.57 Å². The molecule has 1 fully saturated rings. The Morgan fingerprint density at radius 2 is 2.29 bits per heavy atom. The predicted octanol–water partition coefficient (Wildman–Crippen LogP) is 2.12. The van der Waals surface area contributed by atoms with E-state index in [0.717, 1.165) is 13.0 Å². The molecule has 0 aliphatic carbocycles. The fourth-order valence-electron chi connectivity index (χ4n) is 2.04. The highest BCUT2D eigenvalue weighted by molar-refractivity contribution is 5.83. The third kappa shape index (κ3) is 1.23. The van der Waals surface area contributed by atoms with Gasteiger partial charge in [0.1, 0.15) is 0 Å². The second-order valence-electron chi connectivity index (χ2n) is 3.94.